The van der Waals surface area contributed by atoms with Crippen molar-refractivity contribution in [3.63, 3.8) is 0 Å². The Kier molecular flexibility index (Phi) is 52.7. The van der Waals surface area contributed by atoms with Gasteiger partial charge in [0.1, 0.15) is 11.6 Å². The average Bonchev–Trinajstić information content (AvgIpc) is 3.13. The maximum Gasteiger partial charge on any atom is 0.220 e. The van der Waals surface area contributed by atoms with Gasteiger partial charge in [0.15, 0.2) is 5.78 Å². The highest BCUT2D eigenvalue weighted by molar-refractivity contribution is 8.77. The molecule has 0 radical (unpaired) electrons. The molecule has 0 aliphatic carbocycles. The van der Waals surface area contributed by atoms with Crippen LogP contribution in [0, 0.1) is 0 Å². The number of unbranched alkanes of at least 4 members (excludes halogenated alkanes) is 12. The number of benzene rings is 1. The molecule has 0 saturated carbocycles. The van der Waals surface area contributed by atoms with Crippen molar-refractivity contribution >= 4 is 88.0 Å². The molecule has 0 aliphatic rings. The van der Waals surface area contributed by atoms with E-state index in [9.17, 15) is 19.2 Å². The van der Waals surface area contributed by atoms with Crippen LogP contribution in [0.25, 0.3) is 0 Å². The molecule has 0 unspecified atom stereocenters. The topological polar surface area (TPSA) is 80.3 Å². The van der Waals surface area contributed by atoms with Gasteiger partial charge in [0, 0.05) is 60.1 Å². The van der Waals surface area contributed by atoms with E-state index in [1.807, 2.05) is 73.5 Å². The van der Waals surface area contributed by atoms with Crippen LogP contribution in [-0.4, -0.2) is 64.8 Å². The van der Waals surface area contributed by atoms with Crippen molar-refractivity contribution in [3.05, 3.63) is 35.9 Å². The normalized spacial score (nSPS) is 10.1. The lowest BCUT2D eigenvalue weighted by Crippen LogP contribution is -2.24. The first-order valence-electron chi connectivity index (χ1n) is 19.6. The quantitative estimate of drug-likeness (QED) is 0.0443. The maximum absolute atomic E-state index is 11.5. The highest BCUT2D eigenvalue weighted by Gasteiger charge is 2.02. The average molecular weight is 838 g/mol. The summed E-state index contributed by atoms with van der Waals surface area (Å²) < 4.78 is 0. The van der Waals surface area contributed by atoms with Crippen molar-refractivity contribution in [3.8, 4) is 0 Å². The van der Waals surface area contributed by atoms with Gasteiger partial charge >= 0.3 is 0 Å². The fourth-order valence-corrected chi connectivity index (χ4v) is 9.73. The third-order valence-electron chi connectivity index (χ3n) is 7.22. The summed E-state index contributed by atoms with van der Waals surface area (Å²) in [6, 6.07) is 9.23. The van der Waals surface area contributed by atoms with Gasteiger partial charge in [-0.1, -0.05) is 193 Å². The molecule has 0 fully saturated rings. The van der Waals surface area contributed by atoms with E-state index in [0.717, 1.165) is 42.2 Å². The van der Waals surface area contributed by atoms with Gasteiger partial charge in [-0.25, -0.2) is 0 Å². The fourth-order valence-electron chi connectivity index (χ4n) is 4.07. The zero-order valence-electron chi connectivity index (χ0n) is 33.9. The van der Waals surface area contributed by atoms with Gasteiger partial charge in [-0.05, 0) is 46.3 Å². The molecule has 5 nitrogen and oxygen atoms in total. The highest BCUT2D eigenvalue weighted by atomic mass is 33.1. The zero-order chi connectivity index (χ0) is 39.3. The molecule has 0 bridgehead atoms. The Balaban J connectivity index is -0.000000642. The monoisotopic (exact) mass is 837 g/mol. The van der Waals surface area contributed by atoms with Gasteiger partial charge in [-0.15, -0.1) is 0 Å². The van der Waals surface area contributed by atoms with Gasteiger partial charge in [0.25, 0.3) is 0 Å². The lowest BCUT2D eigenvalue weighted by atomic mass is 10.1. The molecule has 304 valence electrons. The Morgan fingerprint density at radius 3 is 1.31 bits per heavy atom. The molecular weight excluding hydrogens is 763 g/mol. The molecule has 1 N–H and O–H groups in total. The van der Waals surface area contributed by atoms with E-state index in [-0.39, 0.29) is 17.5 Å². The molecule has 52 heavy (non-hydrogen) atoms. The van der Waals surface area contributed by atoms with Crippen molar-refractivity contribution in [1.29, 1.82) is 0 Å². The van der Waals surface area contributed by atoms with Gasteiger partial charge < -0.3 is 5.32 Å². The van der Waals surface area contributed by atoms with Gasteiger partial charge in [0.05, 0.1) is 0 Å². The summed E-state index contributed by atoms with van der Waals surface area (Å²) in [6.45, 7) is 12.4. The summed E-state index contributed by atoms with van der Waals surface area (Å²) in [6.07, 6.45) is 24.0. The van der Waals surface area contributed by atoms with Gasteiger partial charge in [-0.2, -0.15) is 0 Å². The van der Waals surface area contributed by atoms with Crippen LogP contribution in [0.1, 0.15) is 167 Å². The van der Waals surface area contributed by atoms with E-state index in [4.69, 9.17) is 0 Å². The minimum atomic E-state index is 0.121. The van der Waals surface area contributed by atoms with E-state index >= 15 is 0 Å². The number of carbonyl (C=O) groups is 4. The van der Waals surface area contributed by atoms with E-state index in [1.54, 1.807) is 42.4 Å². The molecule has 0 aliphatic heterocycles. The standard InChI is InChI=1S/C14H27NO2S2.C11H22OS2.C8H8O.C8H18S2/c1-3-4-5-6-7-10-15-14(17)9-12-19-18-11-8-13(2)16;1-3-4-5-6-7-9-13-14-10-8-11(2)12;1-7(9)8-5-3-2-4-6-8;1-3-4-5-6-7-8-10-9-2/h3-12H2,1-2H3,(H,15,17);3-10H2,1-2H3;2-6H,1H3;3-8H2,1-2H3. The number of rotatable bonds is 31. The SMILES string of the molecule is CC(=O)c1ccccc1.CCCCCCCNC(=O)CCSSCCC(C)=O.CCCCCCCSSC.CCCCCCCSSCCC(C)=O. The molecule has 1 rings (SSSR count). The molecule has 0 aromatic heterocycles. The maximum atomic E-state index is 11.5. The van der Waals surface area contributed by atoms with Crippen LogP contribution in [0.5, 0.6) is 0 Å². The molecule has 1 aromatic rings. The van der Waals surface area contributed by atoms with Crippen LogP contribution in [0.2, 0.25) is 0 Å². The van der Waals surface area contributed by atoms with E-state index in [2.05, 4.69) is 32.3 Å². The molecule has 0 heterocycles. The summed E-state index contributed by atoms with van der Waals surface area (Å²) in [5.74, 6) is 6.04. The van der Waals surface area contributed by atoms with Crippen LogP contribution >= 0.6 is 64.8 Å². The third kappa shape index (κ3) is 54.1. The second kappa shape index (κ2) is 48.8. The minimum absolute atomic E-state index is 0.121. The van der Waals surface area contributed by atoms with Crippen molar-refractivity contribution in [2.75, 3.05) is 41.6 Å². The Morgan fingerprint density at radius 1 is 0.500 bits per heavy atom. The summed E-state index contributed by atoms with van der Waals surface area (Å²) in [7, 11) is 11.0. The van der Waals surface area contributed by atoms with Crippen molar-refractivity contribution < 1.29 is 19.2 Å². The zero-order valence-corrected chi connectivity index (χ0v) is 38.8. The third-order valence-corrected chi connectivity index (χ3v) is 14.0. The number of nitrogens with one attached hydrogen (secondary N) is 1. The Bertz CT molecular complexity index is 916. The highest BCUT2D eigenvalue weighted by Crippen LogP contribution is 2.24. The van der Waals surface area contributed by atoms with Gasteiger partial charge in [0.2, 0.25) is 5.91 Å². The Morgan fingerprint density at radius 2 is 0.904 bits per heavy atom. The summed E-state index contributed by atoms with van der Waals surface area (Å²) in [4.78, 5) is 43.5. The lowest BCUT2D eigenvalue weighted by Gasteiger charge is -2.04. The molecule has 11 heteroatoms. The summed E-state index contributed by atoms with van der Waals surface area (Å²) >= 11 is 0. The molecule has 0 saturated heterocycles. The van der Waals surface area contributed by atoms with Crippen molar-refractivity contribution in [2.45, 2.75) is 157 Å². The molecule has 0 spiro atoms. The molecular formula is C41H75NO4S6. The van der Waals surface area contributed by atoms with Crippen LogP contribution < -0.4 is 5.32 Å². The van der Waals surface area contributed by atoms with Crippen LogP contribution in [0.15, 0.2) is 30.3 Å². The fraction of sp³-hybridized carbons (Fsp3) is 0.756. The van der Waals surface area contributed by atoms with Gasteiger partial charge in [-0.3, -0.25) is 19.2 Å². The first-order chi connectivity index (χ1) is 25.2. The van der Waals surface area contributed by atoms with Crippen molar-refractivity contribution in [1.82, 2.24) is 5.32 Å². The van der Waals surface area contributed by atoms with Crippen LogP contribution in [-0.2, 0) is 14.4 Å². The number of Topliss-reactive ketones (excluding diaryl/α,β-unsaturated/α-hetero) is 3. The number of amides is 1. The second-order valence-electron chi connectivity index (χ2n) is 12.4. The molecule has 0 atom stereocenters. The first kappa shape index (κ1) is 56.1. The largest absolute Gasteiger partial charge is 0.356 e. The first-order valence-corrected chi connectivity index (χ1v) is 27.3. The molecule has 1 amide bonds. The smallest absolute Gasteiger partial charge is 0.220 e. The van der Waals surface area contributed by atoms with Crippen LogP contribution in [0.3, 0.4) is 0 Å². The summed E-state index contributed by atoms with van der Waals surface area (Å²) in [5, 5.41) is 2.95. The predicted molar refractivity (Wildman–Crippen MR) is 247 cm³/mol. The number of carbonyl (C=O) groups excluding carboxylic acids is 4. The summed E-state index contributed by atoms with van der Waals surface area (Å²) in [5.41, 5.74) is 0.775. The number of ketones is 3. The number of hydrogen-bond acceptors (Lipinski definition) is 10. The second-order valence-corrected chi connectivity index (χ2v) is 20.5. The predicted octanol–water partition coefficient (Wildman–Crippen LogP) is 14.0. The lowest BCUT2D eigenvalue weighted by molar-refractivity contribution is -0.120. The Hall–Kier alpha value is -0.200. The van der Waals surface area contributed by atoms with Crippen LogP contribution in [0.4, 0.5) is 0 Å². The Labute approximate surface area is 344 Å². The molecule has 1 aromatic carbocycles. The van der Waals surface area contributed by atoms with E-state index in [1.165, 1.54) is 101 Å². The minimum Gasteiger partial charge on any atom is -0.356 e. The van der Waals surface area contributed by atoms with E-state index in [0.29, 0.717) is 18.6 Å². The van der Waals surface area contributed by atoms with Crippen molar-refractivity contribution in [2.24, 2.45) is 0 Å². The number of hydrogen-bond donors (Lipinski definition) is 1. The van der Waals surface area contributed by atoms with E-state index < -0.39 is 0 Å².